The van der Waals surface area contributed by atoms with Crippen molar-refractivity contribution < 1.29 is 17.3 Å². The number of aryl methyl sites for hydroxylation is 3. The molecule has 0 bridgehead atoms. The molecule has 0 N–H and O–H groups in total. The Morgan fingerprint density at radius 1 is 0.964 bits per heavy atom. The summed E-state index contributed by atoms with van der Waals surface area (Å²) in [6, 6.07) is 12.4. The van der Waals surface area contributed by atoms with Crippen molar-refractivity contribution in [1.29, 1.82) is 0 Å². The monoisotopic (exact) mass is 400 g/mol. The van der Waals surface area contributed by atoms with Gasteiger partial charge in [0.25, 0.3) is 10.1 Å². The van der Waals surface area contributed by atoms with Crippen molar-refractivity contribution >= 4 is 10.1 Å². The molecule has 0 aliphatic carbocycles. The topological polar surface area (TPSA) is 52.6 Å². The molecule has 0 fully saturated rings. The van der Waals surface area contributed by atoms with E-state index in [2.05, 4.69) is 11.8 Å². The molecule has 4 nitrogen and oxygen atoms in total. The predicted octanol–water partition coefficient (Wildman–Crippen LogP) is 4.81. The maximum Gasteiger partial charge on any atom is 0.298 e. The van der Waals surface area contributed by atoms with E-state index in [4.69, 9.17) is 8.92 Å². The first kappa shape index (κ1) is 22.0. The summed E-state index contributed by atoms with van der Waals surface area (Å²) in [5, 5.41) is 0. The van der Waals surface area contributed by atoms with Gasteiger partial charge < -0.3 is 4.74 Å². The number of hydrogen-bond acceptors (Lipinski definition) is 4. The standard InChI is InChI=1S/C23H28O4S/c1-17-9-13-21(14-10-17)28(24,25)27-22(23(4,5)6)8-7-15-26-20-12-11-18(2)19(3)16-20/h9-14,16,22H,15H2,1-6H3. The van der Waals surface area contributed by atoms with Crippen molar-refractivity contribution in [2.45, 2.75) is 52.5 Å². The smallest absolute Gasteiger partial charge is 0.298 e. The Hall–Kier alpha value is -2.29. The van der Waals surface area contributed by atoms with E-state index in [1.165, 1.54) is 5.56 Å². The van der Waals surface area contributed by atoms with E-state index in [-0.39, 0.29) is 11.5 Å². The van der Waals surface area contributed by atoms with Gasteiger partial charge in [0.05, 0.1) is 4.90 Å². The second-order valence-electron chi connectivity index (χ2n) is 7.97. The third-order valence-corrected chi connectivity index (χ3v) is 5.64. The van der Waals surface area contributed by atoms with Crippen LogP contribution in [-0.2, 0) is 14.3 Å². The highest BCUT2D eigenvalue weighted by molar-refractivity contribution is 7.86. The Kier molecular flexibility index (Phi) is 6.92. The lowest BCUT2D eigenvalue weighted by atomic mass is 9.90. The van der Waals surface area contributed by atoms with Crippen LogP contribution < -0.4 is 4.74 Å². The number of ether oxygens (including phenoxy) is 1. The molecule has 0 spiro atoms. The Bertz CT molecular complexity index is 972. The van der Waals surface area contributed by atoms with E-state index in [9.17, 15) is 8.42 Å². The molecule has 5 heteroatoms. The SMILES string of the molecule is Cc1ccc(S(=O)(=O)OC(C#CCOc2ccc(C)c(C)c2)C(C)(C)C)cc1. The molecule has 2 aromatic carbocycles. The second kappa shape index (κ2) is 8.81. The Balaban J connectivity index is 2.11. The fourth-order valence-electron chi connectivity index (χ4n) is 2.33. The van der Waals surface area contributed by atoms with E-state index in [1.807, 2.05) is 59.7 Å². The zero-order valence-corrected chi connectivity index (χ0v) is 18.2. The minimum Gasteiger partial charge on any atom is -0.481 e. The van der Waals surface area contributed by atoms with Gasteiger partial charge in [0.1, 0.15) is 18.5 Å². The molecule has 28 heavy (non-hydrogen) atoms. The molecular weight excluding hydrogens is 372 g/mol. The van der Waals surface area contributed by atoms with Gasteiger partial charge in [0.15, 0.2) is 0 Å². The molecule has 0 heterocycles. The van der Waals surface area contributed by atoms with Crippen LogP contribution in [0, 0.1) is 38.0 Å². The fraction of sp³-hybridized carbons (Fsp3) is 0.391. The molecular formula is C23H28O4S. The molecule has 0 aliphatic rings. The summed E-state index contributed by atoms with van der Waals surface area (Å²) >= 11 is 0. The van der Waals surface area contributed by atoms with Gasteiger partial charge in [-0.05, 0) is 56.2 Å². The Morgan fingerprint density at radius 3 is 2.18 bits per heavy atom. The lowest BCUT2D eigenvalue weighted by Crippen LogP contribution is -2.30. The molecule has 0 aromatic heterocycles. The number of benzene rings is 2. The van der Waals surface area contributed by atoms with Gasteiger partial charge in [-0.25, -0.2) is 4.18 Å². The molecule has 2 aromatic rings. The van der Waals surface area contributed by atoms with E-state index in [0.717, 1.165) is 16.9 Å². The first-order chi connectivity index (χ1) is 13.0. The van der Waals surface area contributed by atoms with E-state index in [1.54, 1.807) is 24.3 Å². The van der Waals surface area contributed by atoms with Gasteiger partial charge >= 0.3 is 0 Å². The van der Waals surface area contributed by atoms with Crippen molar-refractivity contribution in [3.63, 3.8) is 0 Å². The van der Waals surface area contributed by atoms with Crippen LogP contribution in [0.1, 0.15) is 37.5 Å². The predicted molar refractivity (Wildman–Crippen MR) is 112 cm³/mol. The van der Waals surface area contributed by atoms with Crippen molar-refractivity contribution in [3.8, 4) is 17.6 Å². The van der Waals surface area contributed by atoms with Crippen LogP contribution >= 0.6 is 0 Å². The van der Waals surface area contributed by atoms with Gasteiger partial charge in [-0.3, -0.25) is 0 Å². The van der Waals surface area contributed by atoms with Gasteiger partial charge in [-0.15, -0.1) is 0 Å². The van der Waals surface area contributed by atoms with Crippen molar-refractivity contribution in [1.82, 2.24) is 0 Å². The average Bonchev–Trinajstić information content (AvgIpc) is 2.60. The molecule has 0 aliphatic heterocycles. The lowest BCUT2D eigenvalue weighted by Gasteiger charge is -2.25. The molecule has 0 saturated heterocycles. The summed E-state index contributed by atoms with van der Waals surface area (Å²) < 4.78 is 36.3. The van der Waals surface area contributed by atoms with E-state index >= 15 is 0 Å². The van der Waals surface area contributed by atoms with E-state index < -0.39 is 21.6 Å². The Labute approximate surface area is 169 Å². The summed E-state index contributed by atoms with van der Waals surface area (Å²) in [6.07, 6.45) is -0.790. The quantitative estimate of drug-likeness (QED) is 0.534. The lowest BCUT2D eigenvalue weighted by molar-refractivity contribution is 0.143. The summed E-state index contributed by atoms with van der Waals surface area (Å²) in [5.74, 6) is 6.55. The van der Waals surface area contributed by atoms with Gasteiger partial charge in [-0.1, -0.05) is 56.4 Å². The van der Waals surface area contributed by atoms with E-state index in [0.29, 0.717) is 0 Å². The fourth-order valence-corrected chi connectivity index (χ4v) is 3.50. The maximum atomic E-state index is 12.6. The minimum absolute atomic E-state index is 0.125. The average molecular weight is 401 g/mol. The molecule has 2 rings (SSSR count). The molecule has 0 saturated carbocycles. The van der Waals surface area contributed by atoms with Crippen molar-refractivity contribution in [3.05, 3.63) is 59.2 Å². The van der Waals surface area contributed by atoms with Crippen LogP contribution in [0.15, 0.2) is 47.4 Å². The summed E-state index contributed by atoms with van der Waals surface area (Å²) in [7, 11) is -3.90. The van der Waals surface area contributed by atoms with Crippen LogP contribution in [0.3, 0.4) is 0 Å². The van der Waals surface area contributed by atoms with Gasteiger partial charge in [-0.2, -0.15) is 8.42 Å². The van der Waals surface area contributed by atoms with Gasteiger partial charge in [0, 0.05) is 5.41 Å². The van der Waals surface area contributed by atoms with Crippen LogP contribution in [0.2, 0.25) is 0 Å². The summed E-state index contributed by atoms with van der Waals surface area (Å²) in [4.78, 5) is 0.125. The van der Waals surface area contributed by atoms with Crippen LogP contribution in [-0.4, -0.2) is 21.1 Å². The third kappa shape index (κ3) is 6.12. The number of hydrogen-bond donors (Lipinski definition) is 0. The second-order valence-corrected chi connectivity index (χ2v) is 9.54. The summed E-state index contributed by atoms with van der Waals surface area (Å²) in [6.45, 7) is 11.8. The number of rotatable bonds is 5. The highest BCUT2D eigenvalue weighted by Crippen LogP contribution is 2.26. The zero-order valence-electron chi connectivity index (χ0n) is 17.4. The van der Waals surface area contributed by atoms with Crippen molar-refractivity contribution in [2.75, 3.05) is 6.61 Å². The first-order valence-corrected chi connectivity index (χ1v) is 10.6. The Morgan fingerprint density at radius 2 is 1.61 bits per heavy atom. The first-order valence-electron chi connectivity index (χ1n) is 9.17. The van der Waals surface area contributed by atoms with Gasteiger partial charge in [0.2, 0.25) is 0 Å². The molecule has 150 valence electrons. The third-order valence-electron chi connectivity index (χ3n) is 4.34. The highest BCUT2D eigenvalue weighted by Gasteiger charge is 2.30. The molecule has 1 atom stereocenters. The molecule has 0 radical (unpaired) electrons. The highest BCUT2D eigenvalue weighted by atomic mass is 32.2. The van der Waals surface area contributed by atoms with Crippen LogP contribution in [0.4, 0.5) is 0 Å². The largest absolute Gasteiger partial charge is 0.481 e. The minimum atomic E-state index is -3.90. The maximum absolute atomic E-state index is 12.6. The van der Waals surface area contributed by atoms with Crippen LogP contribution in [0.25, 0.3) is 0 Å². The zero-order chi connectivity index (χ0) is 20.9. The molecule has 1 unspecified atom stereocenters. The van der Waals surface area contributed by atoms with Crippen molar-refractivity contribution in [2.24, 2.45) is 5.41 Å². The normalized spacial score (nSPS) is 12.8. The molecule has 0 amide bonds. The van der Waals surface area contributed by atoms with Crippen LogP contribution in [0.5, 0.6) is 5.75 Å². The summed E-state index contributed by atoms with van der Waals surface area (Å²) in [5.41, 5.74) is 2.84.